The highest BCUT2D eigenvalue weighted by Crippen LogP contribution is 2.31. The molecule has 0 aliphatic heterocycles. The second-order valence-corrected chi connectivity index (χ2v) is 4.71. The van der Waals surface area contributed by atoms with Crippen LogP contribution in [0.3, 0.4) is 0 Å². The fraction of sp³-hybridized carbons (Fsp3) is 0.0588. The molecular weight excluding hydrogens is 237 g/mol. The van der Waals surface area contributed by atoms with Gasteiger partial charge in [-0.15, -0.1) is 0 Å². The SMILES string of the molecule is Cc1ccc(-c2ccc(F)c3ccccc23)cc1N. The van der Waals surface area contributed by atoms with Crippen molar-refractivity contribution in [1.29, 1.82) is 0 Å². The van der Waals surface area contributed by atoms with Crippen LogP contribution in [0.4, 0.5) is 10.1 Å². The maximum atomic E-state index is 13.8. The number of aryl methyl sites for hydroxylation is 1. The minimum Gasteiger partial charge on any atom is -0.398 e. The lowest BCUT2D eigenvalue weighted by Gasteiger charge is -2.09. The highest BCUT2D eigenvalue weighted by Gasteiger charge is 2.07. The largest absolute Gasteiger partial charge is 0.398 e. The number of fused-ring (bicyclic) bond motifs is 1. The van der Waals surface area contributed by atoms with Crippen molar-refractivity contribution in [2.45, 2.75) is 6.92 Å². The zero-order valence-corrected chi connectivity index (χ0v) is 10.7. The molecule has 0 amide bonds. The molecule has 0 saturated carbocycles. The Hall–Kier alpha value is -2.35. The second kappa shape index (κ2) is 4.39. The van der Waals surface area contributed by atoms with Crippen LogP contribution in [0.15, 0.2) is 54.6 Å². The normalized spacial score (nSPS) is 10.8. The summed E-state index contributed by atoms with van der Waals surface area (Å²) in [5, 5.41) is 1.55. The van der Waals surface area contributed by atoms with E-state index >= 15 is 0 Å². The van der Waals surface area contributed by atoms with Crippen LogP contribution in [0.5, 0.6) is 0 Å². The van der Waals surface area contributed by atoms with Crippen LogP contribution in [-0.2, 0) is 0 Å². The molecule has 3 aromatic carbocycles. The lowest BCUT2D eigenvalue weighted by Crippen LogP contribution is -1.91. The van der Waals surface area contributed by atoms with Crippen LogP contribution in [0.2, 0.25) is 0 Å². The van der Waals surface area contributed by atoms with E-state index < -0.39 is 0 Å². The van der Waals surface area contributed by atoms with Crippen molar-refractivity contribution in [1.82, 2.24) is 0 Å². The summed E-state index contributed by atoms with van der Waals surface area (Å²) in [6, 6.07) is 16.8. The monoisotopic (exact) mass is 251 g/mol. The maximum Gasteiger partial charge on any atom is 0.131 e. The van der Waals surface area contributed by atoms with E-state index in [1.54, 1.807) is 6.07 Å². The van der Waals surface area contributed by atoms with Gasteiger partial charge in [-0.2, -0.15) is 0 Å². The number of hydrogen-bond acceptors (Lipinski definition) is 1. The van der Waals surface area contributed by atoms with Gasteiger partial charge in [-0.1, -0.05) is 42.5 Å². The Morgan fingerprint density at radius 2 is 1.63 bits per heavy atom. The van der Waals surface area contributed by atoms with Crippen molar-refractivity contribution in [2.24, 2.45) is 0 Å². The van der Waals surface area contributed by atoms with Crippen LogP contribution >= 0.6 is 0 Å². The highest BCUT2D eigenvalue weighted by molar-refractivity contribution is 5.97. The van der Waals surface area contributed by atoms with Gasteiger partial charge in [0.2, 0.25) is 0 Å². The molecular formula is C17H14FN. The minimum absolute atomic E-state index is 0.195. The van der Waals surface area contributed by atoms with Gasteiger partial charge in [0.05, 0.1) is 0 Å². The van der Waals surface area contributed by atoms with Crippen LogP contribution in [0, 0.1) is 12.7 Å². The van der Waals surface area contributed by atoms with E-state index in [0.717, 1.165) is 27.8 Å². The Kier molecular flexibility index (Phi) is 2.71. The van der Waals surface area contributed by atoms with Gasteiger partial charge in [-0.25, -0.2) is 4.39 Å². The number of halogens is 1. The summed E-state index contributed by atoms with van der Waals surface area (Å²) in [6.45, 7) is 1.97. The zero-order chi connectivity index (χ0) is 13.4. The van der Waals surface area contributed by atoms with Crippen molar-refractivity contribution < 1.29 is 4.39 Å². The van der Waals surface area contributed by atoms with Crippen LogP contribution in [-0.4, -0.2) is 0 Å². The number of anilines is 1. The average molecular weight is 251 g/mol. The van der Waals surface area contributed by atoms with Crippen molar-refractivity contribution in [2.75, 3.05) is 5.73 Å². The van der Waals surface area contributed by atoms with Crippen molar-refractivity contribution in [3.8, 4) is 11.1 Å². The van der Waals surface area contributed by atoms with E-state index in [2.05, 4.69) is 0 Å². The molecule has 0 aromatic heterocycles. The minimum atomic E-state index is -0.195. The first kappa shape index (κ1) is 11.7. The Balaban J connectivity index is 2.31. The summed E-state index contributed by atoms with van der Waals surface area (Å²) in [7, 11) is 0. The average Bonchev–Trinajstić information content (AvgIpc) is 2.43. The maximum absolute atomic E-state index is 13.8. The van der Waals surface area contributed by atoms with Crippen LogP contribution in [0.1, 0.15) is 5.56 Å². The van der Waals surface area contributed by atoms with Gasteiger partial charge in [0, 0.05) is 11.1 Å². The summed E-state index contributed by atoms with van der Waals surface area (Å²) in [6.07, 6.45) is 0. The molecule has 19 heavy (non-hydrogen) atoms. The van der Waals surface area contributed by atoms with Gasteiger partial charge in [0.15, 0.2) is 0 Å². The fourth-order valence-electron chi connectivity index (χ4n) is 2.32. The van der Waals surface area contributed by atoms with E-state index in [9.17, 15) is 4.39 Å². The number of nitrogen functional groups attached to an aromatic ring is 1. The molecule has 2 heteroatoms. The molecule has 0 saturated heterocycles. The molecule has 3 rings (SSSR count). The van der Waals surface area contributed by atoms with E-state index in [0.29, 0.717) is 5.39 Å². The van der Waals surface area contributed by atoms with Gasteiger partial charge in [-0.3, -0.25) is 0 Å². The molecule has 2 N–H and O–H groups in total. The molecule has 0 aliphatic rings. The van der Waals surface area contributed by atoms with Crippen molar-refractivity contribution >= 4 is 16.5 Å². The third-order valence-electron chi connectivity index (χ3n) is 3.46. The fourth-order valence-corrected chi connectivity index (χ4v) is 2.32. The van der Waals surface area contributed by atoms with E-state index in [4.69, 9.17) is 5.73 Å². The number of nitrogens with two attached hydrogens (primary N) is 1. The Morgan fingerprint density at radius 3 is 2.37 bits per heavy atom. The molecule has 0 radical (unpaired) electrons. The van der Waals surface area contributed by atoms with Gasteiger partial charge >= 0.3 is 0 Å². The number of benzene rings is 3. The highest BCUT2D eigenvalue weighted by atomic mass is 19.1. The molecule has 94 valence electrons. The standard InChI is InChI=1S/C17H14FN/c1-11-6-7-12(10-17(11)19)13-8-9-16(18)15-5-3-2-4-14(13)15/h2-10H,19H2,1H3. The number of hydrogen-bond donors (Lipinski definition) is 1. The van der Waals surface area contributed by atoms with Gasteiger partial charge in [0.1, 0.15) is 5.82 Å². The van der Waals surface area contributed by atoms with Crippen LogP contribution < -0.4 is 5.73 Å². The van der Waals surface area contributed by atoms with Crippen LogP contribution in [0.25, 0.3) is 21.9 Å². The summed E-state index contributed by atoms with van der Waals surface area (Å²) in [5.74, 6) is -0.195. The molecule has 0 bridgehead atoms. The molecule has 0 fully saturated rings. The first-order chi connectivity index (χ1) is 9.16. The first-order valence-corrected chi connectivity index (χ1v) is 6.20. The molecule has 0 aliphatic carbocycles. The Morgan fingerprint density at radius 1 is 0.895 bits per heavy atom. The molecule has 0 spiro atoms. The zero-order valence-electron chi connectivity index (χ0n) is 10.7. The second-order valence-electron chi connectivity index (χ2n) is 4.71. The molecule has 0 heterocycles. The topological polar surface area (TPSA) is 26.0 Å². The third kappa shape index (κ3) is 1.95. The summed E-state index contributed by atoms with van der Waals surface area (Å²) >= 11 is 0. The van der Waals surface area contributed by atoms with Crippen molar-refractivity contribution in [3.05, 3.63) is 66.0 Å². The molecule has 0 unspecified atom stereocenters. The van der Waals surface area contributed by atoms with Crippen molar-refractivity contribution in [3.63, 3.8) is 0 Å². The molecule has 3 aromatic rings. The van der Waals surface area contributed by atoms with E-state index in [1.807, 2.05) is 49.4 Å². The number of rotatable bonds is 1. The summed E-state index contributed by atoms with van der Waals surface area (Å²) in [5.41, 5.74) is 9.78. The van der Waals surface area contributed by atoms with E-state index in [-0.39, 0.29) is 5.82 Å². The van der Waals surface area contributed by atoms with Gasteiger partial charge in [0.25, 0.3) is 0 Å². The predicted molar refractivity (Wildman–Crippen MR) is 78.5 cm³/mol. The third-order valence-corrected chi connectivity index (χ3v) is 3.46. The predicted octanol–water partition coefficient (Wildman–Crippen LogP) is 4.54. The van der Waals surface area contributed by atoms with E-state index in [1.165, 1.54) is 6.07 Å². The van der Waals surface area contributed by atoms with Gasteiger partial charge in [-0.05, 0) is 41.1 Å². The Labute approximate surface area is 111 Å². The molecule has 1 nitrogen and oxygen atoms in total. The smallest absolute Gasteiger partial charge is 0.131 e. The summed E-state index contributed by atoms with van der Waals surface area (Å²) in [4.78, 5) is 0. The van der Waals surface area contributed by atoms with Gasteiger partial charge < -0.3 is 5.73 Å². The Bertz CT molecular complexity index is 762. The molecule has 0 atom stereocenters. The quantitative estimate of drug-likeness (QED) is 0.631. The lowest BCUT2D eigenvalue weighted by atomic mass is 9.97. The first-order valence-electron chi connectivity index (χ1n) is 6.20. The summed E-state index contributed by atoms with van der Waals surface area (Å²) < 4.78 is 13.8. The lowest BCUT2D eigenvalue weighted by molar-refractivity contribution is 0.640.